The van der Waals surface area contributed by atoms with Crippen molar-refractivity contribution >= 4 is 26.6 Å². The van der Waals surface area contributed by atoms with Gasteiger partial charge in [-0.2, -0.15) is 10.1 Å². The fourth-order valence-corrected chi connectivity index (χ4v) is 2.63. The summed E-state index contributed by atoms with van der Waals surface area (Å²) < 4.78 is 24.5. The van der Waals surface area contributed by atoms with Crippen LogP contribution in [0, 0.1) is 10.1 Å². The molecule has 0 atom stereocenters. The normalized spacial score (nSPS) is 11.7. The van der Waals surface area contributed by atoms with Crippen molar-refractivity contribution in [2.45, 2.75) is 11.7 Å². The van der Waals surface area contributed by atoms with Gasteiger partial charge in [0.05, 0.1) is 28.6 Å². The van der Waals surface area contributed by atoms with E-state index in [-0.39, 0.29) is 17.4 Å². The first kappa shape index (κ1) is 15.0. The number of rotatable bonds is 4. The van der Waals surface area contributed by atoms with Crippen molar-refractivity contribution < 1.29 is 13.3 Å². The van der Waals surface area contributed by atoms with E-state index < -0.39 is 14.8 Å². The summed E-state index contributed by atoms with van der Waals surface area (Å²) in [6.07, 6.45) is 3.86. The van der Waals surface area contributed by atoms with Gasteiger partial charge < -0.3 is 0 Å². The van der Waals surface area contributed by atoms with Gasteiger partial charge in [0.25, 0.3) is 5.69 Å². The molecule has 0 unspecified atom stereocenters. The van der Waals surface area contributed by atoms with Crippen LogP contribution in [0.2, 0.25) is 0 Å². The SMILES string of the molecule is CS(=O)(=O)c1ncc2cnn(Cc3ccccc3[N+](=O)[O-])c2n1. The van der Waals surface area contributed by atoms with E-state index in [9.17, 15) is 18.5 Å². The Balaban J connectivity index is 2.09. The molecule has 2 heterocycles. The number of nitro groups is 1. The second-order valence-electron chi connectivity index (χ2n) is 4.89. The average Bonchev–Trinajstić information content (AvgIpc) is 2.89. The minimum absolute atomic E-state index is 0.0338. The Hall–Kier alpha value is -2.88. The molecule has 3 aromatic rings. The lowest BCUT2D eigenvalue weighted by atomic mass is 10.2. The Morgan fingerprint density at radius 1 is 1.26 bits per heavy atom. The highest BCUT2D eigenvalue weighted by atomic mass is 32.2. The maximum Gasteiger partial charge on any atom is 0.274 e. The van der Waals surface area contributed by atoms with E-state index >= 15 is 0 Å². The van der Waals surface area contributed by atoms with E-state index in [1.54, 1.807) is 18.2 Å². The molecule has 0 aliphatic carbocycles. The van der Waals surface area contributed by atoms with Gasteiger partial charge in [0.2, 0.25) is 15.0 Å². The minimum atomic E-state index is -3.55. The molecular formula is C13H11N5O4S. The van der Waals surface area contributed by atoms with Crippen LogP contribution in [-0.2, 0) is 16.4 Å². The van der Waals surface area contributed by atoms with Crippen LogP contribution in [0.25, 0.3) is 11.0 Å². The van der Waals surface area contributed by atoms with Crippen molar-refractivity contribution in [2.24, 2.45) is 0 Å². The van der Waals surface area contributed by atoms with Crippen molar-refractivity contribution in [3.05, 3.63) is 52.3 Å². The second-order valence-corrected chi connectivity index (χ2v) is 6.80. The second kappa shape index (κ2) is 5.39. The van der Waals surface area contributed by atoms with E-state index in [0.717, 1.165) is 6.26 Å². The first-order valence-corrected chi connectivity index (χ1v) is 8.36. The van der Waals surface area contributed by atoms with Gasteiger partial charge in [0.1, 0.15) is 0 Å². The number of nitrogens with zero attached hydrogens (tertiary/aromatic N) is 5. The van der Waals surface area contributed by atoms with Crippen molar-refractivity contribution in [2.75, 3.05) is 6.26 Å². The molecule has 0 bridgehead atoms. The molecule has 0 N–H and O–H groups in total. The smallest absolute Gasteiger partial charge is 0.258 e. The van der Waals surface area contributed by atoms with Gasteiger partial charge in [-0.3, -0.25) is 10.1 Å². The van der Waals surface area contributed by atoms with Crippen LogP contribution in [-0.4, -0.2) is 39.3 Å². The van der Waals surface area contributed by atoms with E-state index in [1.165, 1.54) is 23.1 Å². The van der Waals surface area contributed by atoms with E-state index in [1.807, 2.05) is 0 Å². The predicted molar refractivity (Wildman–Crippen MR) is 80.6 cm³/mol. The van der Waals surface area contributed by atoms with E-state index in [0.29, 0.717) is 16.6 Å². The van der Waals surface area contributed by atoms with Crippen LogP contribution in [0.5, 0.6) is 0 Å². The molecule has 23 heavy (non-hydrogen) atoms. The summed E-state index contributed by atoms with van der Waals surface area (Å²) in [5.41, 5.74) is 0.717. The zero-order chi connectivity index (χ0) is 16.6. The molecule has 10 heteroatoms. The van der Waals surface area contributed by atoms with Crippen LogP contribution in [0.3, 0.4) is 0 Å². The maximum atomic E-state index is 11.6. The molecule has 0 aliphatic heterocycles. The van der Waals surface area contributed by atoms with Crippen LogP contribution in [0.1, 0.15) is 5.56 Å². The highest BCUT2D eigenvalue weighted by Crippen LogP contribution is 2.20. The Kier molecular flexibility index (Phi) is 3.52. The largest absolute Gasteiger partial charge is 0.274 e. The van der Waals surface area contributed by atoms with Crippen LogP contribution in [0.15, 0.2) is 41.8 Å². The van der Waals surface area contributed by atoms with Crippen molar-refractivity contribution in [1.29, 1.82) is 0 Å². The highest BCUT2D eigenvalue weighted by molar-refractivity contribution is 7.90. The Bertz CT molecular complexity index is 1010. The van der Waals surface area contributed by atoms with Crippen molar-refractivity contribution in [3.8, 4) is 0 Å². The van der Waals surface area contributed by atoms with E-state index in [4.69, 9.17) is 0 Å². The summed E-state index contributed by atoms with van der Waals surface area (Å²) in [5.74, 6) is 0. The Labute approximate surface area is 130 Å². The number of fused-ring (bicyclic) bond motifs is 1. The van der Waals surface area contributed by atoms with Gasteiger partial charge in [0.15, 0.2) is 5.65 Å². The summed E-state index contributed by atoms with van der Waals surface area (Å²) >= 11 is 0. The molecule has 0 amide bonds. The molecule has 0 aliphatic rings. The number of para-hydroxylation sites is 1. The van der Waals surface area contributed by atoms with Gasteiger partial charge in [-0.15, -0.1) is 0 Å². The third kappa shape index (κ3) is 2.88. The quantitative estimate of drug-likeness (QED) is 0.399. The first-order chi connectivity index (χ1) is 10.9. The molecule has 0 radical (unpaired) electrons. The lowest BCUT2D eigenvalue weighted by molar-refractivity contribution is -0.385. The van der Waals surface area contributed by atoms with E-state index in [2.05, 4.69) is 15.1 Å². The summed E-state index contributed by atoms with van der Waals surface area (Å²) in [4.78, 5) is 18.4. The van der Waals surface area contributed by atoms with Gasteiger partial charge in [0, 0.05) is 18.5 Å². The Morgan fingerprint density at radius 2 is 2.00 bits per heavy atom. The van der Waals surface area contributed by atoms with Gasteiger partial charge in [-0.25, -0.2) is 18.1 Å². The molecule has 118 valence electrons. The third-order valence-corrected chi connectivity index (χ3v) is 4.05. The summed E-state index contributed by atoms with van der Waals surface area (Å²) in [5, 5.41) is 15.4. The van der Waals surface area contributed by atoms with Crippen LogP contribution >= 0.6 is 0 Å². The number of aromatic nitrogens is 4. The molecule has 0 saturated carbocycles. The van der Waals surface area contributed by atoms with Crippen LogP contribution < -0.4 is 0 Å². The van der Waals surface area contributed by atoms with Crippen molar-refractivity contribution in [1.82, 2.24) is 19.7 Å². The fourth-order valence-electron chi connectivity index (χ4n) is 2.13. The Morgan fingerprint density at radius 3 is 2.70 bits per heavy atom. The monoisotopic (exact) mass is 333 g/mol. The fraction of sp³-hybridized carbons (Fsp3) is 0.154. The molecule has 9 nitrogen and oxygen atoms in total. The molecule has 0 fully saturated rings. The summed E-state index contributed by atoms with van der Waals surface area (Å²) in [6.45, 7) is 0.0981. The number of hydrogen-bond donors (Lipinski definition) is 0. The van der Waals surface area contributed by atoms with Gasteiger partial charge in [-0.1, -0.05) is 18.2 Å². The zero-order valence-electron chi connectivity index (χ0n) is 11.9. The standard InChI is InChI=1S/C13H11N5O4S/c1-23(21,22)13-14-6-10-7-15-17(12(10)16-13)8-9-4-2-3-5-11(9)18(19)20/h2-7H,8H2,1H3. The molecular weight excluding hydrogens is 322 g/mol. The topological polar surface area (TPSA) is 121 Å². The zero-order valence-corrected chi connectivity index (χ0v) is 12.8. The van der Waals surface area contributed by atoms with Gasteiger partial charge in [-0.05, 0) is 0 Å². The maximum absolute atomic E-state index is 11.6. The third-order valence-electron chi connectivity index (χ3n) is 3.19. The van der Waals surface area contributed by atoms with Crippen LogP contribution in [0.4, 0.5) is 5.69 Å². The van der Waals surface area contributed by atoms with Gasteiger partial charge >= 0.3 is 0 Å². The first-order valence-electron chi connectivity index (χ1n) is 6.47. The molecule has 1 aromatic carbocycles. The lowest BCUT2D eigenvalue weighted by Crippen LogP contribution is -2.08. The highest BCUT2D eigenvalue weighted by Gasteiger charge is 2.17. The lowest BCUT2D eigenvalue weighted by Gasteiger charge is -2.05. The van der Waals surface area contributed by atoms with Crippen molar-refractivity contribution in [3.63, 3.8) is 0 Å². The number of nitro benzene ring substituents is 1. The molecule has 0 spiro atoms. The minimum Gasteiger partial charge on any atom is -0.258 e. The predicted octanol–water partition coefficient (Wildman–Crippen LogP) is 1.19. The average molecular weight is 333 g/mol. The number of hydrogen-bond acceptors (Lipinski definition) is 7. The molecule has 3 rings (SSSR count). The summed E-state index contributed by atoms with van der Waals surface area (Å²) in [6, 6.07) is 6.28. The molecule has 2 aromatic heterocycles. The summed E-state index contributed by atoms with van der Waals surface area (Å²) in [7, 11) is -3.55. The number of benzene rings is 1. The molecule has 0 saturated heterocycles. The number of sulfone groups is 1.